The Morgan fingerprint density at radius 3 is 2.39 bits per heavy atom. The molecule has 31 heavy (non-hydrogen) atoms. The Balaban J connectivity index is 1.81. The lowest BCUT2D eigenvalue weighted by Gasteiger charge is -2.46. The number of hydrogen-bond donors (Lipinski definition) is 0. The van der Waals surface area contributed by atoms with Gasteiger partial charge in [0.25, 0.3) is 0 Å². The fourth-order valence-electron chi connectivity index (χ4n) is 4.77. The van der Waals surface area contributed by atoms with Gasteiger partial charge in [0.1, 0.15) is 0 Å². The van der Waals surface area contributed by atoms with E-state index in [0.29, 0.717) is 24.6 Å². The van der Waals surface area contributed by atoms with Crippen molar-refractivity contribution in [2.75, 3.05) is 27.4 Å². The van der Waals surface area contributed by atoms with Crippen LogP contribution in [0.4, 0.5) is 0 Å². The summed E-state index contributed by atoms with van der Waals surface area (Å²) in [5, 5.41) is 0. The van der Waals surface area contributed by atoms with Gasteiger partial charge in [0.2, 0.25) is 5.91 Å². The summed E-state index contributed by atoms with van der Waals surface area (Å²) in [5.41, 5.74) is 2.17. The molecule has 0 N–H and O–H groups in total. The lowest BCUT2D eigenvalue weighted by atomic mass is 9.67. The van der Waals surface area contributed by atoms with Gasteiger partial charge in [0, 0.05) is 32.0 Å². The number of hydrogen-bond acceptors (Lipinski definition) is 4. The van der Waals surface area contributed by atoms with Crippen LogP contribution < -0.4 is 9.47 Å². The maximum atomic E-state index is 12.5. The lowest BCUT2D eigenvalue weighted by molar-refractivity contribution is -0.130. The van der Waals surface area contributed by atoms with Gasteiger partial charge < -0.3 is 19.1 Å². The first-order chi connectivity index (χ1) is 14.8. The van der Waals surface area contributed by atoms with Crippen LogP contribution >= 0.6 is 0 Å². The monoisotopic (exact) mass is 425 g/mol. The Labute approximate surface area is 186 Å². The summed E-state index contributed by atoms with van der Waals surface area (Å²) < 4.78 is 16.8. The van der Waals surface area contributed by atoms with E-state index in [9.17, 15) is 4.79 Å². The lowest BCUT2D eigenvalue weighted by Crippen LogP contribution is -2.46. The van der Waals surface area contributed by atoms with Crippen LogP contribution in [-0.2, 0) is 21.5 Å². The molecule has 5 heteroatoms. The summed E-state index contributed by atoms with van der Waals surface area (Å²) in [4.78, 5) is 14.4. The molecule has 5 nitrogen and oxygen atoms in total. The van der Waals surface area contributed by atoms with Crippen LogP contribution in [0.15, 0.2) is 48.5 Å². The zero-order valence-corrected chi connectivity index (χ0v) is 19.4. The van der Waals surface area contributed by atoms with Gasteiger partial charge in [-0.3, -0.25) is 4.79 Å². The molecule has 1 aliphatic heterocycles. The number of amides is 1. The third kappa shape index (κ3) is 5.59. The van der Waals surface area contributed by atoms with E-state index in [4.69, 9.17) is 14.2 Å². The second-order valence-electron chi connectivity index (χ2n) is 9.06. The van der Waals surface area contributed by atoms with Crippen molar-refractivity contribution in [2.24, 2.45) is 0 Å². The maximum Gasteiger partial charge on any atom is 0.219 e. The molecule has 0 spiro atoms. The Kier molecular flexibility index (Phi) is 7.26. The highest BCUT2D eigenvalue weighted by molar-refractivity contribution is 5.73. The Hall–Kier alpha value is -2.53. The zero-order chi connectivity index (χ0) is 22.5. The fraction of sp³-hybridized carbons (Fsp3) is 0.500. The van der Waals surface area contributed by atoms with Gasteiger partial charge in [0.15, 0.2) is 11.5 Å². The van der Waals surface area contributed by atoms with Crippen molar-refractivity contribution in [2.45, 2.75) is 57.6 Å². The average molecular weight is 426 g/mol. The van der Waals surface area contributed by atoms with Crippen molar-refractivity contribution < 1.29 is 19.0 Å². The molecule has 0 bridgehead atoms. The summed E-state index contributed by atoms with van der Waals surface area (Å²) in [6.07, 6.45) is 2.80. The van der Waals surface area contributed by atoms with E-state index in [2.05, 4.69) is 44.2 Å². The molecule has 2 aromatic rings. The van der Waals surface area contributed by atoms with Crippen LogP contribution in [0.1, 0.15) is 51.2 Å². The molecule has 3 rings (SSSR count). The standard InChI is InChI=1S/C26H35NO4/c1-20(28)27(18-21-11-12-23(29-4)24(17-21)30-5)15-13-26(22-9-7-6-8-10-22)14-16-31-25(2,3)19-26/h6-12,17H,13-16,18-19H2,1-5H3. The number of rotatable bonds is 8. The SMILES string of the molecule is COc1ccc(CN(CCC2(c3ccccc3)CCOC(C)(C)C2)C(C)=O)cc1OC. The van der Waals surface area contributed by atoms with Crippen molar-refractivity contribution in [1.82, 2.24) is 4.90 Å². The second kappa shape index (κ2) is 9.73. The van der Waals surface area contributed by atoms with Gasteiger partial charge in [-0.1, -0.05) is 36.4 Å². The summed E-state index contributed by atoms with van der Waals surface area (Å²) in [6, 6.07) is 16.5. The number of nitrogens with zero attached hydrogens (tertiary/aromatic N) is 1. The second-order valence-corrected chi connectivity index (χ2v) is 9.06. The third-order valence-electron chi connectivity index (χ3n) is 6.35. The van der Waals surface area contributed by atoms with E-state index in [1.807, 2.05) is 23.1 Å². The molecule has 1 unspecified atom stereocenters. The number of benzene rings is 2. The van der Waals surface area contributed by atoms with Crippen LogP contribution in [0.25, 0.3) is 0 Å². The van der Waals surface area contributed by atoms with E-state index in [0.717, 1.165) is 31.4 Å². The number of carbonyl (C=O) groups excluding carboxylic acids is 1. The van der Waals surface area contributed by atoms with Crippen LogP contribution in [-0.4, -0.2) is 43.8 Å². The molecular formula is C26H35NO4. The average Bonchev–Trinajstić information content (AvgIpc) is 2.76. The summed E-state index contributed by atoms with van der Waals surface area (Å²) in [7, 11) is 3.25. The van der Waals surface area contributed by atoms with Crippen molar-refractivity contribution in [3.63, 3.8) is 0 Å². The third-order valence-corrected chi connectivity index (χ3v) is 6.35. The van der Waals surface area contributed by atoms with Crippen molar-refractivity contribution in [3.05, 3.63) is 59.7 Å². The first-order valence-electron chi connectivity index (χ1n) is 10.9. The van der Waals surface area contributed by atoms with E-state index >= 15 is 0 Å². The zero-order valence-electron chi connectivity index (χ0n) is 19.4. The summed E-state index contributed by atoms with van der Waals surface area (Å²) in [6.45, 7) is 7.93. The first kappa shape index (κ1) is 23.1. The molecule has 0 saturated carbocycles. The van der Waals surface area contributed by atoms with E-state index in [1.165, 1.54) is 5.56 Å². The highest BCUT2D eigenvalue weighted by Crippen LogP contribution is 2.44. The Morgan fingerprint density at radius 2 is 1.77 bits per heavy atom. The van der Waals surface area contributed by atoms with E-state index in [-0.39, 0.29) is 16.9 Å². The molecule has 0 radical (unpaired) electrons. The molecule has 1 saturated heterocycles. The quantitative estimate of drug-likeness (QED) is 0.599. The van der Waals surface area contributed by atoms with Crippen LogP contribution in [0, 0.1) is 0 Å². The molecule has 1 heterocycles. The fourth-order valence-corrected chi connectivity index (χ4v) is 4.77. The van der Waals surface area contributed by atoms with Crippen LogP contribution in [0.3, 0.4) is 0 Å². The topological polar surface area (TPSA) is 48.0 Å². The number of carbonyl (C=O) groups is 1. The van der Waals surface area contributed by atoms with Crippen molar-refractivity contribution in [1.29, 1.82) is 0 Å². The van der Waals surface area contributed by atoms with Gasteiger partial charge in [0.05, 0.1) is 19.8 Å². The molecule has 1 fully saturated rings. The molecule has 2 aromatic carbocycles. The first-order valence-corrected chi connectivity index (χ1v) is 10.9. The molecule has 1 aliphatic rings. The predicted octanol–water partition coefficient (Wildman–Crippen LogP) is 4.97. The number of ether oxygens (including phenoxy) is 3. The Bertz CT molecular complexity index is 880. The molecule has 0 aromatic heterocycles. The van der Waals surface area contributed by atoms with Gasteiger partial charge in [-0.2, -0.15) is 0 Å². The van der Waals surface area contributed by atoms with E-state index < -0.39 is 0 Å². The van der Waals surface area contributed by atoms with E-state index in [1.54, 1.807) is 21.1 Å². The minimum Gasteiger partial charge on any atom is -0.493 e. The van der Waals surface area contributed by atoms with Gasteiger partial charge in [-0.05, 0) is 56.4 Å². The molecule has 1 atom stereocenters. The van der Waals surface area contributed by atoms with Crippen LogP contribution in [0.2, 0.25) is 0 Å². The largest absolute Gasteiger partial charge is 0.493 e. The van der Waals surface area contributed by atoms with Crippen LogP contribution in [0.5, 0.6) is 11.5 Å². The Morgan fingerprint density at radius 1 is 1.06 bits per heavy atom. The molecular weight excluding hydrogens is 390 g/mol. The van der Waals surface area contributed by atoms with Gasteiger partial charge in [-0.15, -0.1) is 0 Å². The summed E-state index contributed by atoms with van der Waals surface area (Å²) >= 11 is 0. The maximum absolute atomic E-state index is 12.5. The van der Waals surface area contributed by atoms with Gasteiger partial charge >= 0.3 is 0 Å². The number of methoxy groups -OCH3 is 2. The van der Waals surface area contributed by atoms with Crippen molar-refractivity contribution in [3.8, 4) is 11.5 Å². The summed E-state index contributed by atoms with van der Waals surface area (Å²) in [5.74, 6) is 1.44. The minimum atomic E-state index is -0.182. The highest BCUT2D eigenvalue weighted by Gasteiger charge is 2.42. The van der Waals surface area contributed by atoms with Crippen molar-refractivity contribution >= 4 is 5.91 Å². The normalized spacial score (nSPS) is 20.2. The minimum absolute atomic E-state index is 0.00565. The predicted molar refractivity (Wildman–Crippen MR) is 123 cm³/mol. The molecule has 168 valence electrons. The highest BCUT2D eigenvalue weighted by atomic mass is 16.5. The van der Waals surface area contributed by atoms with Gasteiger partial charge in [-0.25, -0.2) is 0 Å². The molecule has 0 aliphatic carbocycles. The molecule has 1 amide bonds. The smallest absolute Gasteiger partial charge is 0.219 e.